The molecule has 116 valence electrons. The largest absolute Gasteiger partial charge is 0.497 e. The molecule has 1 aliphatic heterocycles. The monoisotopic (exact) mass is 305 g/mol. The molecular weight excluding hydrogens is 286 g/mol. The summed E-state index contributed by atoms with van der Waals surface area (Å²) >= 11 is 0. The van der Waals surface area contributed by atoms with Crippen molar-refractivity contribution in [2.45, 2.75) is 19.9 Å². The van der Waals surface area contributed by atoms with E-state index in [0.717, 1.165) is 47.2 Å². The van der Waals surface area contributed by atoms with Crippen LogP contribution in [-0.4, -0.2) is 16.7 Å². The molecule has 4 rings (SSSR count). The number of hydrogen-bond acceptors (Lipinski definition) is 3. The Labute approximate surface area is 135 Å². The van der Waals surface area contributed by atoms with Crippen LogP contribution in [-0.2, 0) is 13.0 Å². The molecule has 3 aromatic rings. The molecule has 0 bridgehead atoms. The fourth-order valence-electron chi connectivity index (χ4n) is 3.28. The zero-order valence-corrected chi connectivity index (χ0v) is 13.3. The highest BCUT2D eigenvalue weighted by atomic mass is 16.5. The molecular formula is C19H19N3O. The van der Waals surface area contributed by atoms with Gasteiger partial charge < -0.3 is 15.0 Å². The highest BCUT2D eigenvalue weighted by Crippen LogP contribution is 2.38. The molecule has 0 saturated heterocycles. The standard InChI is InChI=1S/C19H19N3O/c1-12-5-3-4-6-15(12)17-18(20)22-10-9-13-7-8-14(23-2)11-16(13)19(22)21-17/h3-8,11H,9-10,20H2,1-2H3. The first-order valence-electron chi connectivity index (χ1n) is 7.78. The molecule has 1 aromatic heterocycles. The minimum absolute atomic E-state index is 0.739. The summed E-state index contributed by atoms with van der Waals surface area (Å²) in [6, 6.07) is 14.4. The number of anilines is 1. The molecule has 0 atom stereocenters. The van der Waals surface area contributed by atoms with Crippen LogP contribution in [0.3, 0.4) is 0 Å². The minimum atomic E-state index is 0.739. The fourth-order valence-corrected chi connectivity index (χ4v) is 3.28. The number of nitrogens with two attached hydrogens (primary N) is 1. The van der Waals surface area contributed by atoms with Gasteiger partial charge >= 0.3 is 0 Å². The molecule has 2 heterocycles. The van der Waals surface area contributed by atoms with Gasteiger partial charge in [-0.05, 0) is 36.6 Å². The van der Waals surface area contributed by atoms with E-state index in [9.17, 15) is 0 Å². The van der Waals surface area contributed by atoms with Crippen LogP contribution in [0.25, 0.3) is 22.6 Å². The molecule has 4 heteroatoms. The summed E-state index contributed by atoms with van der Waals surface area (Å²) in [4.78, 5) is 4.88. The smallest absolute Gasteiger partial charge is 0.142 e. The van der Waals surface area contributed by atoms with Crippen molar-refractivity contribution in [1.29, 1.82) is 0 Å². The summed E-state index contributed by atoms with van der Waals surface area (Å²) in [6.07, 6.45) is 0.958. The van der Waals surface area contributed by atoms with Crippen LogP contribution in [0.15, 0.2) is 42.5 Å². The molecule has 0 aliphatic carbocycles. The number of ether oxygens (including phenoxy) is 1. The lowest BCUT2D eigenvalue weighted by Gasteiger charge is -2.19. The van der Waals surface area contributed by atoms with Crippen molar-refractivity contribution in [3.63, 3.8) is 0 Å². The number of imidazole rings is 1. The number of nitrogens with zero attached hydrogens (tertiary/aromatic N) is 2. The quantitative estimate of drug-likeness (QED) is 0.786. The van der Waals surface area contributed by atoms with E-state index in [1.807, 2.05) is 24.3 Å². The van der Waals surface area contributed by atoms with E-state index in [-0.39, 0.29) is 0 Å². The lowest BCUT2D eigenvalue weighted by Crippen LogP contribution is -2.13. The van der Waals surface area contributed by atoms with E-state index in [2.05, 4.69) is 29.7 Å². The summed E-state index contributed by atoms with van der Waals surface area (Å²) in [7, 11) is 1.68. The summed E-state index contributed by atoms with van der Waals surface area (Å²) < 4.78 is 7.48. The Kier molecular flexibility index (Phi) is 3.11. The summed E-state index contributed by atoms with van der Waals surface area (Å²) in [5, 5.41) is 0. The molecule has 4 nitrogen and oxygen atoms in total. The first-order chi connectivity index (χ1) is 11.2. The van der Waals surface area contributed by atoms with Gasteiger partial charge in [0.15, 0.2) is 0 Å². The van der Waals surface area contributed by atoms with Crippen molar-refractivity contribution in [1.82, 2.24) is 9.55 Å². The van der Waals surface area contributed by atoms with Crippen LogP contribution < -0.4 is 10.5 Å². The molecule has 0 spiro atoms. The van der Waals surface area contributed by atoms with Crippen molar-refractivity contribution in [3.05, 3.63) is 53.6 Å². The summed E-state index contributed by atoms with van der Waals surface area (Å²) in [5.41, 5.74) is 12.0. The van der Waals surface area contributed by atoms with Crippen LogP contribution >= 0.6 is 0 Å². The third kappa shape index (κ3) is 2.10. The van der Waals surface area contributed by atoms with Gasteiger partial charge in [-0.3, -0.25) is 0 Å². The van der Waals surface area contributed by atoms with Crippen LogP contribution in [0.1, 0.15) is 11.1 Å². The molecule has 0 fully saturated rings. The number of fused-ring (bicyclic) bond motifs is 3. The van der Waals surface area contributed by atoms with Crippen molar-refractivity contribution in [2.24, 2.45) is 0 Å². The molecule has 0 unspecified atom stereocenters. The van der Waals surface area contributed by atoms with Crippen molar-refractivity contribution >= 4 is 5.82 Å². The number of aryl methyl sites for hydroxylation is 2. The normalized spacial score (nSPS) is 12.6. The SMILES string of the molecule is COc1ccc2c(c1)-c1nc(-c3ccccc3C)c(N)n1CC2. The number of rotatable bonds is 2. The van der Waals surface area contributed by atoms with Crippen molar-refractivity contribution in [2.75, 3.05) is 12.8 Å². The molecule has 0 radical (unpaired) electrons. The predicted octanol–water partition coefficient (Wildman–Crippen LogP) is 3.67. The van der Waals surface area contributed by atoms with Gasteiger partial charge in [0, 0.05) is 17.7 Å². The molecule has 0 saturated carbocycles. The third-order valence-corrected chi connectivity index (χ3v) is 4.57. The average Bonchev–Trinajstić information content (AvgIpc) is 2.92. The third-order valence-electron chi connectivity index (χ3n) is 4.57. The lowest BCUT2D eigenvalue weighted by atomic mass is 10.0. The predicted molar refractivity (Wildman–Crippen MR) is 92.5 cm³/mol. The second-order valence-electron chi connectivity index (χ2n) is 5.91. The minimum Gasteiger partial charge on any atom is -0.497 e. The highest BCUT2D eigenvalue weighted by molar-refractivity contribution is 5.79. The Morgan fingerprint density at radius 2 is 1.96 bits per heavy atom. The fraction of sp³-hybridized carbons (Fsp3) is 0.211. The Morgan fingerprint density at radius 1 is 1.13 bits per heavy atom. The van der Waals surface area contributed by atoms with Gasteiger partial charge in [-0.2, -0.15) is 0 Å². The second-order valence-corrected chi connectivity index (χ2v) is 5.91. The first kappa shape index (κ1) is 13.9. The maximum absolute atomic E-state index is 6.42. The van der Waals surface area contributed by atoms with Gasteiger partial charge in [-0.25, -0.2) is 4.98 Å². The van der Waals surface area contributed by atoms with Gasteiger partial charge in [0.2, 0.25) is 0 Å². The van der Waals surface area contributed by atoms with E-state index in [1.165, 1.54) is 11.1 Å². The Morgan fingerprint density at radius 3 is 2.74 bits per heavy atom. The lowest BCUT2D eigenvalue weighted by molar-refractivity contribution is 0.414. The van der Waals surface area contributed by atoms with Crippen LogP contribution in [0, 0.1) is 6.92 Å². The number of hydrogen-bond donors (Lipinski definition) is 1. The number of methoxy groups -OCH3 is 1. The van der Waals surface area contributed by atoms with E-state index in [4.69, 9.17) is 15.5 Å². The van der Waals surface area contributed by atoms with E-state index in [1.54, 1.807) is 7.11 Å². The highest BCUT2D eigenvalue weighted by Gasteiger charge is 2.24. The maximum Gasteiger partial charge on any atom is 0.142 e. The van der Waals surface area contributed by atoms with Gasteiger partial charge in [0.25, 0.3) is 0 Å². The maximum atomic E-state index is 6.42. The second kappa shape index (κ2) is 5.16. The molecule has 0 amide bonds. The summed E-state index contributed by atoms with van der Waals surface area (Å²) in [5.74, 6) is 2.51. The summed E-state index contributed by atoms with van der Waals surface area (Å²) in [6.45, 7) is 2.95. The zero-order chi connectivity index (χ0) is 16.0. The first-order valence-corrected chi connectivity index (χ1v) is 7.78. The van der Waals surface area contributed by atoms with Gasteiger partial charge in [0.05, 0.1) is 7.11 Å². The Balaban J connectivity index is 1.93. The molecule has 2 aromatic carbocycles. The number of benzene rings is 2. The van der Waals surface area contributed by atoms with Gasteiger partial charge in [0.1, 0.15) is 23.1 Å². The van der Waals surface area contributed by atoms with Crippen molar-refractivity contribution in [3.8, 4) is 28.4 Å². The number of aromatic nitrogens is 2. The van der Waals surface area contributed by atoms with E-state index >= 15 is 0 Å². The Hall–Kier alpha value is -2.75. The zero-order valence-electron chi connectivity index (χ0n) is 13.3. The van der Waals surface area contributed by atoms with Gasteiger partial charge in [-0.15, -0.1) is 0 Å². The topological polar surface area (TPSA) is 53.1 Å². The van der Waals surface area contributed by atoms with Crippen LogP contribution in [0.4, 0.5) is 5.82 Å². The molecule has 1 aliphatic rings. The van der Waals surface area contributed by atoms with E-state index in [0.29, 0.717) is 0 Å². The van der Waals surface area contributed by atoms with Crippen LogP contribution in [0.2, 0.25) is 0 Å². The molecule has 23 heavy (non-hydrogen) atoms. The van der Waals surface area contributed by atoms with Gasteiger partial charge in [-0.1, -0.05) is 30.3 Å². The van der Waals surface area contributed by atoms with Crippen LogP contribution in [0.5, 0.6) is 5.75 Å². The Bertz CT molecular complexity index is 896. The number of nitrogen functional groups attached to an aromatic ring is 1. The van der Waals surface area contributed by atoms with Crippen molar-refractivity contribution < 1.29 is 4.74 Å². The van der Waals surface area contributed by atoms with E-state index < -0.39 is 0 Å². The molecule has 2 N–H and O–H groups in total. The average molecular weight is 305 g/mol.